The lowest BCUT2D eigenvalue weighted by molar-refractivity contribution is 0.278. The van der Waals surface area contributed by atoms with Crippen molar-refractivity contribution in [2.24, 2.45) is 5.41 Å². The Labute approximate surface area is 62.6 Å². The fraction of sp³-hybridized carbons (Fsp3) is 1.00. The van der Waals surface area contributed by atoms with Gasteiger partial charge in [0.2, 0.25) is 0 Å². The normalized spacial score (nSPS) is 34.3. The van der Waals surface area contributed by atoms with Crippen LogP contribution in [0.3, 0.4) is 0 Å². The lowest BCUT2D eigenvalue weighted by Gasteiger charge is -2.35. The summed E-state index contributed by atoms with van der Waals surface area (Å²) < 4.78 is 0. The Morgan fingerprint density at radius 1 is 1.56 bits per heavy atom. The second-order valence-electron chi connectivity index (χ2n) is 3.47. The summed E-state index contributed by atoms with van der Waals surface area (Å²) in [6.45, 7) is 6.77. The van der Waals surface area contributed by atoms with Gasteiger partial charge in [-0.3, -0.25) is 0 Å². The standard InChI is InChI=1S/C7H15NS/c1-7(2)5-8-4-3-6(7)9/h6,8-9H,3-5H2,1-2H3/t6-/m1/s1. The van der Waals surface area contributed by atoms with Crippen LogP contribution in [-0.2, 0) is 0 Å². The van der Waals surface area contributed by atoms with Crippen molar-refractivity contribution in [2.75, 3.05) is 13.1 Å². The minimum atomic E-state index is 0.390. The zero-order valence-corrected chi connectivity index (χ0v) is 7.04. The molecule has 0 aromatic rings. The number of hydrogen-bond acceptors (Lipinski definition) is 2. The lowest BCUT2D eigenvalue weighted by atomic mass is 9.85. The Morgan fingerprint density at radius 2 is 2.22 bits per heavy atom. The third-order valence-corrected chi connectivity index (χ3v) is 3.03. The van der Waals surface area contributed by atoms with Gasteiger partial charge in [0.15, 0.2) is 0 Å². The van der Waals surface area contributed by atoms with E-state index in [2.05, 4.69) is 31.8 Å². The van der Waals surface area contributed by atoms with Gasteiger partial charge in [-0.2, -0.15) is 12.6 Å². The fourth-order valence-corrected chi connectivity index (χ4v) is 1.38. The van der Waals surface area contributed by atoms with Gasteiger partial charge in [0, 0.05) is 11.8 Å². The van der Waals surface area contributed by atoms with Crippen molar-refractivity contribution in [3.8, 4) is 0 Å². The van der Waals surface area contributed by atoms with Gasteiger partial charge >= 0.3 is 0 Å². The highest BCUT2D eigenvalue weighted by Gasteiger charge is 2.28. The zero-order chi connectivity index (χ0) is 6.91. The van der Waals surface area contributed by atoms with Gasteiger partial charge in [-0.1, -0.05) is 13.8 Å². The SMILES string of the molecule is CC1(C)CNCC[C@H]1S. The maximum absolute atomic E-state index is 4.50. The first kappa shape index (κ1) is 7.42. The Morgan fingerprint density at radius 3 is 2.56 bits per heavy atom. The highest BCUT2D eigenvalue weighted by Crippen LogP contribution is 2.28. The van der Waals surface area contributed by atoms with E-state index in [4.69, 9.17) is 0 Å². The molecule has 1 N–H and O–H groups in total. The number of piperidine rings is 1. The van der Waals surface area contributed by atoms with E-state index in [9.17, 15) is 0 Å². The van der Waals surface area contributed by atoms with Gasteiger partial charge < -0.3 is 5.32 Å². The second kappa shape index (κ2) is 2.51. The van der Waals surface area contributed by atoms with E-state index in [0.717, 1.165) is 13.1 Å². The molecule has 0 amide bonds. The quantitative estimate of drug-likeness (QED) is 0.490. The molecule has 1 aliphatic heterocycles. The predicted octanol–water partition coefficient (Wildman–Crippen LogP) is 1.30. The lowest BCUT2D eigenvalue weighted by Crippen LogP contribution is -2.43. The monoisotopic (exact) mass is 145 g/mol. The van der Waals surface area contributed by atoms with Gasteiger partial charge in [0.25, 0.3) is 0 Å². The molecule has 0 spiro atoms. The zero-order valence-electron chi connectivity index (χ0n) is 6.15. The minimum absolute atomic E-state index is 0.390. The van der Waals surface area contributed by atoms with E-state index in [1.165, 1.54) is 6.42 Å². The summed E-state index contributed by atoms with van der Waals surface area (Å²) >= 11 is 4.50. The molecule has 0 aromatic heterocycles. The molecule has 1 fully saturated rings. The summed E-state index contributed by atoms with van der Waals surface area (Å²) in [6.07, 6.45) is 1.20. The maximum Gasteiger partial charge on any atom is 0.00921 e. The summed E-state index contributed by atoms with van der Waals surface area (Å²) in [4.78, 5) is 0. The van der Waals surface area contributed by atoms with Crippen LogP contribution in [0.2, 0.25) is 0 Å². The molecular formula is C7H15NS. The molecule has 1 nitrogen and oxygen atoms in total. The summed E-state index contributed by atoms with van der Waals surface area (Å²) in [5, 5.41) is 3.94. The maximum atomic E-state index is 4.50. The van der Waals surface area contributed by atoms with Gasteiger partial charge in [-0.05, 0) is 18.4 Å². The van der Waals surface area contributed by atoms with Crippen molar-refractivity contribution in [1.29, 1.82) is 0 Å². The van der Waals surface area contributed by atoms with E-state index < -0.39 is 0 Å². The molecule has 9 heavy (non-hydrogen) atoms. The molecule has 1 heterocycles. The Hall–Kier alpha value is 0.310. The van der Waals surface area contributed by atoms with E-state index >= 15 is 0 Å². The van der Waals surface area contributed by atoms with Gasteiger partial charge in [0.1, 0.15) is 0 Å². The van der Waals surface area contributed by atoms with Crippen LogP contribution in [0.4, 0.5) is 0 Å². The molecule has 0 aromatic carbocycles. The van der Waals surface area contributed by atoms with Crippen LogP contribution in [0.5, 0.6) is 0 Å². The molecule has 1 rings (SSSR count). The van der Waals surface area contributed by atoms with Crippen molar-refractivity contribution >= 4 is 12.6 Å². The average Bonchev–Trinajstić information content (AvgIpc) is 1.77. The summed E-state index contributed by atoms with van der Waals surface area (Å²) in [5.41, 5.74) is 0.390. The fourth-order valence-electron chi connectivity index (χ4n) is 1.16. The Balaban J connectivity index is 2.49. The number of nitrogens with one attached hydrogen (secondary N) is 1. The highest BCUT2D eigenvalue weighted by molar-refractivity contribution is 7.81. The van der Waals surface area contributed by atoms with Crippen LogP contribution in [0, 0.1) is 5.41 Å². The number of rotatable bonds is 0. The molecule has 1 atom stereocenters. The van der Waals surface area contributed by atoms with E-state index in [1.54, 1.807) is 0 Å². The molecule has 0 saturated carbocycles. The highest BCUT2D eigenvalue weighted by atomic mass is 32.1. The first-order chi connectivity index (χ1) is 4.13. The van der Waals surface area contributed by atoms with Crippen LogP contribution < -0.4 is 5.32 Å². The van der Waals surface area contributed by atoms with Crippen molar-refractivity contribution in [3.05, 3.63) is 0 Å². The number of hydrogen-bond donors (Lipinski definition) is 2. The van der Waals surface area contributed by atoms with Crippen molar-refractivity contribution < 1.29 is 0 Å². The Bertz CT molecular complexity index is 101. The van der Waals surface area contributed by atoms with Crippen molar-refractivity contribution in [2.45, 2.75) is 25.5 Å². The van der Waals surface area contributed by atoms with Crippen LogP contribution in [0.1, 0.15) is 20.3 Å². The van der Waals surface area contributed by atoms with E-state index in [0.29, 0.717) is 10.7 Å². The molecule has 2 heteroatoms. The van der Waals surface area contributed by atoms with E-state index in [1.807, 2.05) is 0 Å². The third kappa shape index (κ3) is 1.62. The topological polar surface area (TPSA) is 12.0 Å². The van der Waals surface area contributed by atoms with Crippen LogP contribution in [-0.4, -0.2) is 18.3 Å². The molecule has 0 bridgehead atoms. The van der Waals surface area contributed by atoms with Gasteiger partial charge in [-0.25, -0.2) is 0 Å². The molecule has 1 saturated heterocycles. The summed E-state index contributed by atoms with van der Waals surface area (Å²) in [7, 11) is 0. The summed E-state index contributed by atoms with van der Waals surface area (Å²) in [6, 6.07) is 0. The first-order valence-electron chi connectivity index (χ1n) is 3.52. The van der Waals surface area contributed by atoms with Gasteiger partial charge in [-0.15, -0.1) is 0 Å². The molecule has 0 radical (unpaired) electrons. The number of thiol groups is 1. The third-order valence-electron chi connectivity index (χ3n) is 2.08. The molecular weight excluding hydrogens is 130 g/mol. The Kier molecular flexibility index (Phi) is 2.07. The average molecular weight is 145 g/mol. The van der Waals surface area contributed by atoms with Crippen molar-refractivity contribution in [1.82, 2.24) is 5.32 Å². The molecule has 0 aliphatic carbocycles. The predicted molar refractivity (Wildman–Crippen MR) is 44.0 cm³/mol. The van der Waals surface area contributed by atoms with E-state index in [-0.39, 0.29) is 0 Å². The molecule has 0 unspecified atom stereocenters. The van der Waals surface area contributed by atoms with Crippen LogP contribution >= 0.6 is 12.6 Å². The van der Waals surface area contributed by atoms with Crippen molar-refractivity contribution in [3.63, 3.8) is 0 Å². The molecule has 1 aliphatic rings. The van der Waals surface area contributed by atoms with Gasteiger partial charge in [0.05, 0.1) is 0 Å². The minimum Gasteiger partial charge on any atom is -0.316 e. The summed E-state index contributed by atoms with van der Waals surface area (Å²) in [5.74, 6) is 0. The van der Waals surface area contributed by atoms with Crippen LogP contribution in [0.15, 0.2) is 0 Å². The smallest absolute Gasteiger partial charge is 0.00921 e. The largest absolute Gasteiger partial charge is 0.316 e. The first-order valence-corrected chi connectivity index (χ1v) is 4.03. The second-order valence-corrected chi connectivity index (χ2v) is 4.09. The molecule has 54 valence electrons. The van der Waals surface area contributed by atoms with Crippen LogP contribution in [0.25, 0.3) is 0 Å².